The molecule has 0 unspecified atom stereocenters. The average molecular weight is 236 g/mol. The van der Waals surface area contributed by atoms with Crippen molar-refractivity contribution in [3.05, 3.63) is 22.9 Å². The van der Waals surface area contributed by atoms with E-state index in [9.17, 15) is 0 Å². The highest BCUT2D eigenvalue weighted by Gasteiger charge is 2.09. The van der Waals surface area contributed by atoms with Gasteiger partial charge in [0.25, 0.3) is 0 Å². The van der Waals surface area contributed by atoms with Crippen LogP contribution in [0.2, 0.25) is 0 Å². The lowest BCUT2D eigenvalue weighted by molar-refractivity contribution is 0.910. The third kappa shape index (κ3) is 1.46. The molecule has 0 atom stereocenters. The molecule has 3 aromatic rings. The van der Waals surface area contributed by atoms with Crippen molar-refractivity contribution in [1.82, 2.24) is 19.6 Å². The minimum atomic E-state index is 0.954. The molecule has 76 valence electrons. The Kier molecular flexibility index (Phi) is 2.03. The summed E-state index contributed by atoms with van der Waals surface area (Å²) >= 11 is 3.23. The van der Waals surface area contributed by atoms with Gasteiger partial charge in [-0.15, -0.1) is 11.3 Å². The minimum absolute atomic E-state index is 0.954. The molecule has 15 heavy (non-hydrogen) atoms. The van der Waals surface area contributed by atoms with Crippen LogP contribution in [0.15, 0.2) is 17.9 Å². The normalized spacial score (nSPS) is 11.3. The van der Waals surface area contributed by atoms with E-state index in [1.807, 2.05) is 22.4 Å². The van der Waals surface area contributed by atoms with Crippen molar-refractivity contribution < 1.29 is 0 Å². The number of aromatic nitrogens is 4. The third-order valence-electron chi connectivity index (χ3n) is 2.07. The summed E-state index contributed by atoms with van der Waals surface area (Å²) in [6, 6.07) is 0. The van der Waals surface area contributed by atoms with Crippen LogP contribution in [0, 0.1) is 0 Å². The summed E-state index contributed by atoms with van der Waals surface area (Å²) in [4.78, 5) is 10.6. The second-order valence-corrected chi connectivity index (χ2v) is 5.00. The van der Waals surface area contributed by atoms with Crippen molar-refractivity contribution in [3.8, 4) is 10.6 Å². The predicted molar refractivity (Wildman–Crippen MR) is 61.4 cm³/mol. The Labute approximate surface area is 94.2 Å². The topological polar surface area (TPSA) is 43.1 Å². The highest BCUT2D eigenvalue weighted by Crippen LogP contribution is 2.24. The lowest BCUT2D eigenvalue weighted by Crippen LogP contribution is -1.82. The van der Waals surface area contributed by atoms with E-state index in [2.05, 4.69) is 22.0 Å². The summed E-state index contributed by atoms with van der Waals surface area (Å²) in [7, 11) is 0. The lowest BCUT2D eigenvalue weighted by atomic mass is 10.4. The van der Waals surface area contributed by atoms with Gasteiger partial charge < -0.3 is 0 Å². The van der Waals surface area contributed by atoms with Crippen molar-refractivity contribution >= 4 is 27.6 Å². The zero-order valence-corrected chi connectivity index (χ0v) is 9.68. The van der Waals surface area contributed by atoms with Crippen molar-refractivity contribution in [2.75, 3.05) is 0 Å². The van der Waals surface area contributed by atoms with Gasteiger partial charge in [-0.3, -0.25) is 4.98 Å². The molecule has 0 aliphatic heterocycles. The van der Waals surface area contributed by atoms with Gasteiger partial charge in [0, 0.05) is 6.20 Å². The smallest absolute Gasteiger partial charge is 0.212 e. The molecule has 0 amide bonds. The number of nitrogens with zero attached hydrogens (tertiary/aromatic N) is 4. The van der Waals surface area contributed by atoms with Crippen LogP contribution in [0.3, 0.4) is 0 Å². The Morgan fingerprint density at radius 2 is 2.40 bits per heavy atom. The van der Waals surface area contributed by atoms with E-state index in [0.29, 0.717) is 0 Å². The van der Waals surface area contributed by atoms with Crippen molar-refractivity contribution in [3.63, 3.8) is 0 Å². The van der Waals surface area contributed by atoms with Gasteiger partial charge in [-0.1, -0.05) is 18.3 Å². The summed E-state index contributed by atoms with van der Waals surface area (Å²) in [5.74, 6) is 0. The number of hydrogen-bond donors (Lipinski definition) is 0. The van der Waals surface area contributed by atoms with Crippen molar-refractivity contribution in [1.29, 1.82) is 0 Å². The number of hydrogen-bond acceptors (Lipinski definition) is 5. The first-order chi connectivity index (χ1) is 7.36. The molecule has 0 aliphatic rings. The van der Waals surface area contributed by atoms with E-state index < -0.39 is 0 Å². The molecule has 0 aromatic carbocycles. The average Bonchev–Trinajstić information content (AvgIpc) is 2.91. The second kappa shape index (κ2) is 3.39. The molecule has 0 saturated heterocycles. The maximum Gasteiger partial charge on any atom is 0.212 e. The third-order valence-corrected chi connectivity index (χ3v) is 3.93. The molecule has 0 N–H and O–H groups in total. The molecule has 4 nitrogen and oxygen atoms in total. The Balaban J connectivity index is 2.12. The Hall–Kier alpha value is -1.27. The lowest BCUT2D eigenvalue weighted by Gasteiger charge is -1.85. The van der Waals surface area contributed by atoms with Gasteiger partial charge in [0.05, 0.1) is 16.6 Å². The number of fused-ring (bicyclic) bond motifs is 1. The SMILES string of the molecule is CCc1nn2cc(-c3cncs3)nc2s1. The Morgan fingerprint density at radius 1 is 1.47 bits per heavy atom. The molecular formula is C9H8N4S2. The molecule has 6 heteroatoms. The van der Waals surface area contributed by atoms with Gasteiger partial charge in [-0.25, -0.2) is 9.50 Å². The minimum Gasteiger partial charge on any atom is -0.252 e. The highest BCUT2D eigenvalue weighted by molar-refractivity contribution is 7.16. The molecule has 0 radical (unpaired) electrons. The van der Waals surface area contributed by atoms with Gasteiger partial charge >= 0.3 is 0 Å². The number of thiazole rings is 1. The molecule has 3 heterocycles. The quantitative estimate of drug-likeness (QED) is 0.686. The summed E-state index contributed by atoms with van der Waals surface area (Å²) in [5.41, 5.74) is 2.77. The van der Waals surface area contributed by atoms with E-state index >= 15 is 0 Å². The van der Waals surface area contributed by atoms with E-state index in [0.717, 1.165) is 27.0 Å². The molecule has 0 aliphatic carbocycles. The first-order valence-corrected chi connectivity index (χ1v) is 6.30. The fourth-order valence-electron chi connectivity index (χ4n) is 1.35. The van der Waals surface area contributed by atoms with Crippen LogP contribution in [-0.2, 0) is 6.42 Å². The second-order valence-electron chi connectivity index (χ2n) is 3.07. The van der Waals surface area contributed by atoms with Crippen LogP contribution >= 0.6 is 22.7 Å². The van der Waals surface area contributed by atoms with Crippen LogP contribution < -0.4 is 0 Å². The van der Waals surface area contributed by atoms with Gasteiger partial charge in [0.1, 0.15) is 10.7 Å². The summed E-state index contributed by atoms with van der Waals surface area (Å²) in [5, 5.41) is 5.54. The van der Waals surface area contributed by atoms with E-state index in [-0.39, 0.29) is 0 Å². The maximum absolute atomic E-state index is 4.51. The summed E-state index contributed by atoms with van der Waals surface area (Å²) in [6.45, 7) is 2.10. The van der Waals surface area contributed by atoms with Crippen LogP contribution in [0.4, 0.5) is 0 Å². The summed E-state index contributed by atoms with van der Waals surface area (Å²) < 4.78 is 1.85. The Morgan fingerprint density at radius 3 is 3.07 bits per heavy atom. The number of rotatable bonds is 2. The maximum atomic E-state index is 4.51. The predicted octanol–water partition coefficient (Wildman–Crippen LogP) is 2.48. The fourth-order valence-corrected chi connectivity index (χ4v) is 2.74. The van der Waals surface area contributed by atoms with Crippen LogP contribution in [0.5, 0.6) is 0 Å². The molecule has 0 fully saturated rings. The number of aryl methyl sites for hydroxylation is 1. The first kappa shape index (κ1) is 8.99. The van der Waals surface area contributed by atoms with Crippen molar-refractivity contribution in [2.45, 2.75) is 13.3 Å². The van der Waals surface area contributed by atoms with Crippen LogP contribution in [0.25, 0.3) is 15.5 Å². The van der Waals surface area contributed by atoms with Crippen molar-refractivity contribution in [2.24, 2.45) is 0 Å². The summed E-state index contributed by atoms with van der Waals surface area (Å²) in [6.07, 6.45) is 4.75. The molecule has 3 aromatic heterocycles. The molecular weight excluding hydrogens is 228 g/mol. The van der Waals surface area contributed by atoms with Gasteiger partial charge in [0.2, 0.25) is 4.96 Å². The Bertz CT molecular complexity index is 547. The zero-order chi connectivity index (χ0) is 10.3. The fraction of sp³-hybridized carbons (Fsp3) is 0.222. The number of imidazole rings is 1. The van der Waals surface area contributed by atoms with E-state index in [1.54, 1.807) is 22.7 Å². The van der Waals surface area contributed by atoms with Crippen LogP contribution in [-0.4, -0.2) is 19.6 Å². The zero-order valence-electron chi connectivity index (χ0n) is 8.04. The van der Waals surface area contributed by atoms with Gasteiger partial charge in [0.15, 0.2) is 0 Å². The van der Waals surface area contributed by atoms with Gasteiger partial charge in [-0.2, -0.15) is 5.10 Å². The highest BCUT2D eigenvalue weighted by atomic mass is 32.1. The molecule has 3 rings (SSSR count). The largest absolute Gasteiger partial charge is 0.252 e. The monoisotopic (exact) mass is 236 g/mol. The first-order valence-electron chi connectivity index (χ1n) is 4.61. The molecule has 0 spiro atoms. The molecule has 0 bridgehead atoms. The standard InChI is InChI=1S/C9H8N4S2/c1-2-8-12-13-4-6(11-9(13)15-8)7-3-10-5-14-7/h3-5H,2H2,1H3. The van der Waals surface area contributed by atoms with E-state index in [4.69, 9.17) is 0 Å². The van der Waals surface area contributed by atoms with E-state index in [1.165, 1.54) is 0 Å². The molecule has 0 saturated carbocycles. The van der Waals surface area contributed by atoms with Gasteiger partial charge in [-0.05, 0) is 6.42 Å². The van der Waals surface area contributed by atoms with Crippen LogP contribution in [0.1, 0.15) is 11.9 Å².